The van der Waals surface area contributed by atoms with Gasteiger partial charge in [0, 0.05) is 0 Å². The first-order chi connectivity index (χ1) is 8.87. The van der Waals surface area contributed by atoms with Crippen LogP contribution in [0.15, 0.2) is 0 Å². The molecule has 0 N–H and O–H groups in total. The van der Waals surface area contributed by atoms with Crippen molar-refractivity contribution in [2.24, 2.45) is 17.3 Å². The average molecular weight is 267 g/mol. The normalized spacial score (nSPS) is 31.4. The highest BCUT2D eigenvalue weighted by Gasteiger charge is 2.40. The minimum Gasteiger partial charge on any atom is -0.374 e. The summed E-state index contributed by atoms with van der Waals surface area (Å²) < 4.78 is 6.57. The summed E-state index contributed by atoms with van der Waals surface area (Å²) in [7, 11) is 0. The van der Waals surface area contributed by atoms with E-state index < -0.39 is 0 Å². The predicted octanol–water partition coefficient (Wildman–Crippen LogP) is 5.64. The Balaban J connectivity index is 2.68. The van der Waals surface area contributed by atoms with Gasteiger partial charge in [0.2, 0.25) is 0 Å². The van der Waals surface area contributed by atoms with Crippen molar-refractivity contribution in [1.82, 2.24) is 0 Å². The Morgan fingerprint density at radius 2 is 2.11 bits per heavy atom. The molecule has 0 bridgehead atoms. The fourth-order valence-electron chi connectivity index (χ4n) is 3.56. The molecule has 1 saturated carbocycles. The van der Waals surface area contributed by atoms with Gasteiger partial charge in [0.25, 0.3) is 0 Å². The highest BCUT2D eigenvalue weighted by molar-refractivity contribution is 4.91. The maximum atomic E-state index is 6.57. The molecule has 1 radical (unpaired) electrons. The smallest absolute Gasteiger partial charge is 0.0708 e. The third-order valence-electron chi connectivity index (χ3n) is 5.21. The summed E-state index contributed by atoms with van der Waals surface area (Å²) in [5, 5.41) is 0. The van der Waals surface area contributed by atoms with Gasteiger partial charge in [-0.05, 0) is 42.9 Å². The van der Waals surface area contributed by atoms with Gasteiger partial charge in [0.05, 0.1) is 12.2 Å². The molecule has 1 nitrogen and oxygen atoms in total. The lowest BCUT2D eigenvalue weighted by Crippen LogP contribution is -2.44. The molecule has 0 heterocycles. The SMILES string of the molecule is [CH2]CC(C)(CCC)COC1(C(C)C)CCCC(C)C1. The van der Waals surface area contributed by atoms with Crippen LogP contribution >= 0.6 is 0 Å². The van der Waals surface area contributed by atoms with Crippen LogP contribution in [-0.4, -0.2) is 12.2 Å². The van der Waals surface area contributed by atoms with Gasteiger partial charge in [-0.25, -0.2) is 0 Å². The monoisotopic (exact) mass is 267 g/mol. The summed E-state index contributed by atoms with van der Waals surface area (Å²) in [6.45, 7) is 16.7. The quantitative estimate of drug-likeness (QED) is 0.580. The average Bonchev–Trinajstić information content (AvgIpc) is 2.37. The molecule has 19 heavy (non-hydrogen) atoms. The second-order valence-electron chi connectivity index (χ2n) is 7.52. The molecule has 3 atom stereocenters. The van der Waals surface area contributed by atoms with Crippen LogP contribution in [-0.2, 0) is 4.74 Å². The first-order valence-electron chi connectivity index (χ1n) is 8.30. The van der Waals surface area contributed by atoms with Crippen molar-refractivity contribution in [3.8, 4) is 0 Å². The predicted molar refractivity (Wildman–Crippen MR) is 84.1 cm³/mol. The van der Waals surface area contributed by atoms with Crippen LogP contribution < -0.4 is 0 Å². The van der Waals surface area contributed by atoms with E-state index >= 15 is 0 Å². The maximum Gasteiger partial charge on any atom is 0.0708 e. The van der Waals surface area contributed by atoms with E-state index in [-0.39, 0.29) is 11.0 Å². The molecule has 0 aromatic carbocycles. The minimum absolute atomic E-state index is 0.127. The van der Waals surface area contributed by atoms with Crippen molar-refractivity contribution >= 4 is 0 Å². The Morgan fingerprint density at radius 3 is 2.58 bits per heavy atom. The van der Waals surface area contributed by atoms with Crippen molar-refractivity contribution < 1.29 is 4.74 Å². The maximum absolute atomic E-state index is 6.57. The van der Waals surface area contributed by atoms with Crippen molar-refractivity contribution in [3.05, 3.63) is 6.92 Å². The third-order valence-corrected chi connectivity index (χ3v) is 5.21. The van der Waals surface area contributed by atoms with Gasteiger partial charge in [-0.15, -0.1) is 0 Å². The second-order valence-corrected chi connectivity index (χ2v) is 7.52. The van der Waals surface area contributed by atoms with Gasteiger partial charge < -0.3 is 4.74 Å². The largest absolute Gasteiger partial charge is 0.374 e. The number of rotatable bonds is 7. The Hall–Kier alpha value is -0.0400. The van der Waals surface area contributed by atoms with E-state index in [2.05, 4.69) is 41.5 Å². The first-order valence-corrected chi connectivity index (χ1v) is 8.30. The molecule has 1 rings (SSSR count). The van der Waals surface area contributed by atoms with E-state index in [1.54, 1.807) is 0 Å². The molecule has 1 aliphatic rings. The summed E-state index contributed by atoms with van der Waals surface area (Å²) >= 11 is 0. The Labute approximate surface area is 121 Å². The molecule has 0 aliphatic heterocycles. The fraction of sp³-hybridized carbons (Fsp3) is 0.944. The highest BCUT2D eigenvalue weighted by atomic mass is 16.5. The van der Waals surface area contributed by atoms with Crippen LogP contribution in [0.4, 0.5) is 0 Å². The zero-order valence-corrected chi connectivity index (χ0v) is 13.9. The summed E-state index contributed by atoms with van der Waals surface area (Å²) in [6.07, 6.45) is 8.61. The van der Waals surface area contributed by atoms with Crippen LogP contribution in [0.1, 0.15) is 79.6 Å². The Kier molecular flexibility index (Phi) is 6.36. The van der Waals surface area contributed by atoms with Crippen LogP contribution in [0.2, 0.25) is 0 Å². The number of hydrogen-bond donors (Lipinski definition) is 0. The van der Waals surface area contributed by atoms with Crippen LogP contribution in [0.5, 0.6) is 0 Å². The van der Waals surface area contributed by atoms with Crippen LogP contribution in [0.25, 0.3) is 0 Å². The Bertz CT molecular complexity index is 260. The molecular formula is C18H35O. The van der Waals surface area contributed by atoms with Gasteiger partial charge in [0.1, 0.15) is 0 Å². The molecule has 3 unspecified atom stereocenters. The van der Waals surface area contributed by atoms with Gasteiger partial charge in [-0.2, -0.15) is 0 Å². The summed E-state index contributed by atoms with van der Waals surface area (Å²) in [5.41, 5.74) is 0.388. The highest BCUT2D eigenvalue weighted by Crippen LogP contribution is 2.42. The van der Waals surface area contributed by atoms with Crippen molar-refractivity contribution in [2.75, 3.05) is 6.61 Å². The molecular weight excluding hydrogens is 232 g/mol. The molecule has 1 heteroatoms. The standard InChI is InChI=1S/C18H35O/c1-7-11-17(6,8-2)14-19-18(15(3)4)12-9-10-16(5)13-18/h15-16H,2,7-14H2,1,3-6H3. The number of ether oxygens (including phenoxy) is 1. The Morgan fingerprint density at radius 1 is 1.42 bits per heavy atom. The number of hydrogen-bond acceptors (Lipinski definition) is 1. The van der Waals surface area contributed by atoms with E-state index in [0.717, 1.165) is 18.9 Å². The van der Waals surface area contributed by atoms with Crippen molar-refractivity contribution in [1.29, 1.82) is 0 Å². The summed E-state index contributed by atoms with van der Waals surface area (Å²) in [4.78, 5) is 0. The topological polar surface area (TPSA) is 9.23 Å². The minimum atomic E-state index is 0.127. The molecule has 113 valence electrons. The third kappa shape index (κ3) is 4.48. The molecule has 1 fully saturated rings. The van der Waals surface area contributed by atoms with E-state index in [4.69, 9.17) is 4.74 Å². The molecule has 0 aromatic rings. The van der Waals surface area contributed by atoms with E-state index in [1.807, 2.05) is 0 Å². The molecule has 0 amide bonds. The fourth-order valence-corrected chi connectivity index (χ4v) is 3.56. The zero-order valence-electron chi connectivity index (χ0n) is 13.9. The molecule has 0 aromatic heterocycles. The lowest BCUT2D eigenvalue weighted by atomic mass is 9.72. The molecule has 0 saturated heterocycles. The lowest BCUT2D eigenvalue weighted by Gasteiger charge is -2.45. The second kappa shape index (κ2) is 7.11. The van der Waals surface area contributed by atoms with Gasteiger partial charge >= 0.3 is 0 Å². The summed E-state index contributed by atoms with van der Waals surface area (Å²) in [6, 6.07) is 0. The zero-order chi connectivity index (χ0) is 14.5. The molecule has 1 aliphatic carbocycles. The van der Waals surface area contributed by atoms with E-state index in [9.17, 15) is 0 Å². The van der Waals surface area contributed by atoms with Gasteiger partial charge in [-0.3, -0.25) is 0 Å². The van der Waals surface area contributed by atoms with Gasteiger partial charge in [-0.1, -0.05) is 60.8 Å². The van der Waals surface area contributed by atoms with Crippen molar-refractivity contribution in [3.63, 3.8) is 0 Å². The van der Waals surface area contributed by atoms with Crippen LogP contribution in [0.3, 0.4) is 0 Å². The van der Waals surface area contributed by atoms with Crippen molar-refractivity contribution in [2.45, 2.75) is 85.2 Å². The van der Waals surface area contributed by atoms with Crippen LogP contribution in [0, 0.1) is 24.2 Å². The summed E-state index contributed by atoms with van der Waals surface area (Å²) in [5.74, 6) is 1.43. The lowest BCUT2D eigenvalue weighted by molar-refractivity contribution is -0.136. The van der Waals surface area contributed by atoms with E-state index in [1.165, 1.54) is 38.5 Å². The first kappa shape index (κ1) is 17.0. The van der Waals surface area contributed by atoms with E-state index in [0.29, 0.717) is 5.92 Å². The molecule has 0 spiro atoms. The van der Waals surface area contributed by atoms with Gasteiger partial charge in [0.15, 0.2) is 0 Å².